The Balaban J connectivity index is 2.15. The van der Waals surface area contributed by atoms with Gasteiger partial charge in [-0.25, -0.2) is 0 Å². The van der Waals surface area contributed by atoms with Crippen molar-refractivity contribution in [3.63, 3.8) is 0 Å². The van der Waals surface area contributed by atoms with Gasteiger partial charge in [-0.05, 0) is 38.5 Å². The minimum Gasteiger partial charge on any atom is -0.297 e. The lowest BCUT2D eigenvalue weighted by molar-refractivity contribution is 0.193. The van der Waals surface area contributed by atoms with Gasteiger partial charge in [0, 0.05) is 18.6 Å². The molecule has 4 atom stereocenters. The summed E-state index contributed by atoms with van der Waals surface area (Å²) in [7, 11) is 0. The van der Waals surface area contributed by atoms with Gasteiger partial charge in [0.25, 0.3) is 0 Å². The monoisotopic (exact) mass is 165 g/mol. The van der Waals surface area contributed by atoms with Crippen LogP contribution in [0.3, 0.4) is 0 Å². The molecule has 0 N–H and O–H groups in total. The van der Waals surface area contributed by atoms with E-state index in [1.165, 1.54) is 25.8 Å². The van der Waals surface area contributed by atoms with Crippen LogP contribution in [0.4, 0.5) is 0 Å². The van der Waals surface area contributed by atoms with Crippen molar-refractivity contribution in [1.82, 2.24) is 4.90 Å². The van der Waals surface area contributed by atoms with E-state index >= 15 is 0 Å². The Bertz CT molecular complexity index is 185. The Morgan fingerprint density at radius 3 is 2.42 bits per heavy atom. The molecule has 0 aliphatic carbocycles. The second-order valence-electron chi connectivity index (χ2n) is 4.77. The number of piperidine rings is 1. The van der Waals surface area contributed by atoms with Gasteiger partial charge in [0.2, 0.25) is 0 Å². The zero-order valence-corrected chi connectivity index (χ0v) is 8.21. The molecule has 2 unspecified atom stereocenters. The molecule has 0 spiro atoms. The molecular formula is C11H19N. The van der Waals surface area contributed by atoms with E-state index in [4.69, 9.17) is 0 Å². The molecule has 0 saturated carbocycles. The van der Waals surface area contributed by atoms with Crippen LogP contribution in [-0.4, -0.2) is 23.5 Å². The molecule has 2 rings (SSSR count). The summed E-state index contributed by atoms with van der Waals surface area (Å²) in [5.74, 6) is 0. The molecule has 0 amide bonds. The van der Waals surface area contributed by atoms with Crippen LogP contribution in [0.5, 0.6) is 0 Å². The van der Waals surface area contributed by atoms with Gasteiger partial charge < -0.3 is 0 Å². The lowest BCUT2D eigenvalue weighted by Gasteiger charge is -2.31. The highest BCUT2D eigenvalue weighted by molar-refractivity contribution is 5.06. The summed E-state index contributed by atoms with van der Waals surface area (Å²) in [5, 5.41) is 0. The summed E-state index contributed by atoms with van der Waals surface area (Å²) in [6.07, 6.45) is 6.11. The van der Waals surface area contributed by atoms with Crippen molar-refractivity contribution in [3.8, 4) is 0 Å². The van der Waals surface area contributed by atoms with Gasteiger partial charge >= 0.3 is 0 Å². The van der Waals surface area contributed by atoms with Gasteiger partial charge in [0.15, 0.2) is 0 Å². The molecule has 0 radical (unpaired) electrons. The first-order chi connectivity index (χ1) is 5.67. The van der Waals surface area contributed by atoms with Crippen molar-refractivity contribution < 1.29 is 0 Å². The summed E-state index contributed by atoms with van der Waals surface area (Å²) in [6, 6.07) is 1.63. The van der Waals surface area contributed by atoms with E-state index in [0.29, 0.717) is 5.41 Å². The third-order valence-electron chi connectivity index (χ3n) is 3.68. The molecule has 2 fully saturated rings. The molecular weight excluding hydrogens is 146 g/mol. The van der Waals surface area contributed by atoms with Gasteiger partial charge in [-0.3, -0.25) is 4.90 Å². The summed E-state index contributed by atoms with van der Waals surface area (Å²) in [6.45, 7) is 9.91. The van der Waals surface area contributed by atoms with Crippen LogP contribution in [0.2, 0.25) is 0 Å². The molecule has 2 aliphatic rings. The average Bonchev–Trinajstić information content (AvgIpc) is 2.41. The normalized spacial score (nSPS) is 51.3. The number of allylic oxidation sites excluding steroid dienone is 1. The highest BCUT2D eigenvalue weighted by Gasteiger charge is 2.49. The smallest absolute Gasteiger partial charge is 0.00758 e. The fourth-order valence-corrected chi connectivity index (χ4v) is 3.37. The SMILES string of the molecule is C=CCC12C[C@@H](C)N(C1)[C@@H](C)C2. The highest BCUT2D eigenvalue weighted by atomic mass is 15.2. The van der Waals surface area contributed by atoms with Gasteiger partial charge in [-0.1, -0.05) is 6.08 Å². The minimum absolute atomic E-state index is 0.612. The molecule has 0 aromatic rings. The third kappa shape index (κ3) is 1.03. The first-order valence-electron chi connectivity index (χ1n) is 5.03. The molecule has 1 nitrogen and oxygen atoms in total. The van der Waals surface area contributed by atoms with Crippen LogP contribution in [0.1, 0.15) is 33.1 Å². The third-order valence-corrected chi connectivity index (χ3v) is 3.68. The zero-order chi connectivity index (χ0) is 8.77. The van der Waals surface area contributed by atoms with Crippen LogP contribution in [-0.2, 0) is 0 Å². The Morgan fingerprint density at radius 2 is 2.00 bits per heavy atom. The van der Waals surface area contributed by atoms with Crippen LogP contribution < -0.4 is 0 Å². The minimum atomic E-state index is 0.612. The standard InChI is InChI=1S/C11H19N/c1-4-5-11-6-9(2)12(8-11)10(3)7-11/h4,9-10H,1,5-8H2,2-3H3/t9-,10+,11?. The molecule has 2 saturated heterocycles. The zero-order valence-electron chi connectivity index (χ0n) is 8.21. The van der Waals surface area contributed by atoms with Crippen molar-refractivity contribution in [2.45, 2.75) is 45.2 Å². The predicted octanol–water partition coefficient (Wildman–Crippen LogP) is 2.44. The first kappa shape index (κ1) is 8.31. The molecule has 2 aliphatic heterocycles. The van der Waals surface area contributed by atoms with E-state index in [1.54, 1.807) is 0 Å². The number of rotatable bonds is 2. The van der Waals surface area contributed by atoms with Crippen molar-refractivity contribution >= 4 is 0 Å². The number of hydrogen-bond donors (Lipinski definition) is 0. The number of fused-ring (bicyclic) bond motifs is 2. The highest BCUT2D eigenvalue weighted by Crippen LogP contribution is 2.49. The molecule has 1 heteroatoms. The van der Waals surface area contributed by atoms with E-state index in [-0.39, 0.29) is 0 Å². The average molecular weight is 165 g/mol. The van der Waals surface area contributed by atoms with E-state index in [9.17, 15) is 0 Å². The molecule has 0 aromatic carbocycles. The van der Waals surface area contributed by atoms with Crippen molar-refractivity contribution in [2.75, 3.05) is 6.54 Å². The predicted molar refractivity (Wildman–Crippen MR) is 52.1 cm³/mol. The molecule has 68 valence electrons. The van der Waals surface area contributed by atoms with Crippen LogP contribution >= 0.6 is 0 Å². The van der Waals surface area contributed by atoms with Crippen LogP contribution in [0.15, 0.2) is 12.7 Å². The largest absolute Gasteiger partial charge is 0.297 e. The van der Waals surface area contributed by atoms with Crippen LogP contribution in [0, 0.1) is 5.41 Å². The maximum atomic E-state index is 3.87. The second-order valence-corrected chi connectivity index (χ2v) is 4.77. The maximum absolute atomic E-state index is 3.87. The van der Waals surface area contributed by atoms with Gasteiger partial charge in [-0.15, -0.1) is 6.58 Å². The fraction of sp³-hybridized carbons (Fsp3) is 0.818. The van der Waals surface area contributed by atoms with E-state index in [2.05, 4.69) is 31.4 Å². The maximum Gasteiger partial charge on any atom is 0.00758 e. The van der Waals surface area contributed by atoms with Gasteiger partial charge in [-0.2, -0.15) is 0 Å². The summed E-state index contributed by atoms with van der Waals surface area (Å²) in [5.41, 5.74) is 0.612. The molecule has 12 heavy (non-hydrogen) atoms. The van der Waals surface area contributed by atoms with Gasteiger partial charge in [0.1, 0.15) is 0 Å². The van der Waals surface area contributed by atoms with E-state index in [1.807, 2.05) is 0 Å². The van der Waals surface area contributed by atoms with Crippen LogP contribution in [0.25, 0.3) is 0 Å². The molecule has 2 heterocycles. The summed E-state index contributed by atoms with van der Waals surface area (Å²) >= 11 is 0. The van der Waals surface area contributed by atoms with E-state index < -0.39 is 0 Å². The van der Waals surface area contributed by atoms with Crippen molar-refractivity contribution in [2.24, 2.45) is 5.41 Å². The lowest BCUT2D eigenvalue weighted by atomic mass is 9.78. The fourth-order valence-electron chi connectivity index (χ4n) is 3.37. The van der Waals surface area contributed by atoms with Gasteiger partial charge in [0.05, 0.1) is 0 Å². The van der Waals surface area contributed by atoms with Crippen molar-refractivity contribution in [3.05, 3.63) is 12.7 Å². The topological polar surface area (TPSA) is 3.24 Å². The van der Waals surface area contributed by atoms with Crippen molar-refractivity contribution in [1.29, 1.82) is 0 Å². The first-order valence-corrected chi connectivity index (χ1v) is 5.03. The Kier molecular flexibility index (Phi) is 1.80. The number of hydrogen-bond acceptors (Lipinski definition) is 1. The number of nitrogens with zero attached hydrogens (tertiary/aromatic N) is 1. The Morgan fingerprint density at radius 1 is 1.42 bits per heavy atom. The lowest BCUT2D eigenvalue weighted by Crippen LogP contribution is -2.34. The summed E-state index contributed by atoms with van der Waals surface area (Å²) in [4.78, 5) is 2.66. The molecule has 0 aromatic heterocycles. The van der Waals surface area contributed by atoms with E-state index in [0.717, 1.165) is 12.1 Å². The Labute approximate surface area is 75.4 Å². The molecule has 2 bridgehead atoms. The quantitative estimate of drug-likeness (QED) is 0.568. The second kappa shape index (κ2) is 2.59. The summed E-state index contributed by atoms with van der Waals surface area (Å²) < 4.78 is 0. The Hall–Kier alpha value is -0.300.